The number of rotatable bonds is 9. The van der Waals surface area contributed by atoms with Gasteiger partial charge in [0.05, 0.1) is 0 Å². The van der Waals surface area contributed by atoms with Crippen LogP contribution < -0.4 is 10.6 Å². The highest BCUT2D eigenvalue weighted by molar-refractivity contribution is 5.80. The lowest BCUT2D eigenvalue weighted by Crippen LogP contribution is -2.52. The summed E-state index contributed by atoms with van der Waals surface area (Å²) >= 11 is 0. The Morgan fingerprint density at radius 1 is 1.18 bits per heavy atom. The second-order valence-electron chi connectivity index (χ2n) is 7.60. The summed E-state index contributed by atoms with van der Waals surface area (Å²) in [7, 11) is 0. The molecule has 28 heavy (non-hydrogen) atoms. The molecule has 0 atom stereocenters. The fourth-order valence-electron chi connectivity index (χ4n) is 3.64. The van der Waals surface area contributed by atoms with Crippen LogP contribution in [0, 0.1) is 5.92 Å². The zero-order valence-electron chi connectivity index (χ0n) is 17.1. The molecule has 8 nitrogen and oxygen atoms in total. The summed E-state index contributed by atoms with van der Waals surface area (Å²) in [6.45, 7) is 10.1. The minimum Gasteiger partial charge on any atom is -0.357 e. The number of carbonyl (C=O) groups is 1. The minimum atomic E-state index is 0.320. The second-order valence-corrected chi connectivity index (χ2v) is 7.60. The van der Waals surface area contributed by atoms with E-state index >= 15 is 0 Å². The highest BCUT2D eigenvalue weighted by Crippen LogP contribution is 2.28. The molecule has 8 heteroatoms. The van der Waals surface area contributed by atoms with Crippen molar-refractivity contribution in [2.24, 2.45) is 10.9 Å². The Bertz CT molecular complexity index is 604. The van der Waals surface area contributed by atoms with Crippen LogP contribution in [-0.2, 0) is 11.3 Å². The predicted molar refractivity (Wildman–Crippen MR) is 111 cm³/mol. The first-order chi connectivity index (χ1) is 13.8. The maximum Gasteiger partial charge on any atom is 0.225 e. The Morgan fingerprint density at radius 3 is 2.64 bits per heavy atom. The second kappa shape index (κ2) is 11.0. The van der Waals surface area contributed by atoms with Crippen molar-refractivity contribution < 1.29 is 4.79 Å². The molecule has 2 fully saturated rings. The summed E-state index contributed by atoms with van der Waals surface area (Å²) in [6.07, 6.45) is 8.16. The third-order valence-electron chi connectivity index (χ3n) is 5.58. The monoisotopic (exact) mass is 389 g/mol. The summed E-state index contributed by atoms with van der Waals surface area (Å²) in [5.41, 5.74) is 0. The van der Waals surface area contributed by atoms with Crippen LogP contribution in [0.25, 0.3) is 0 Å². The highest BCUT2D eigenvalue weighted by Gasteiger charge is 2.30. The van der Waals surface area contributed by atoms with Crippen LogP contribution in [0.5, 0.6) is 0 Å². The largest absolute Gasteiger partial charge is 0.357 e. The van der Waals surface area contributed by atoms with Crippen molar-refractivity contribution in [2.75, 3.05) is 52.4 Å². The van der Waals surface area contributed by atoms with E-state index in [1.54, 1.807) is 6.20 Å². The molecule has 0 unspecified atom stereocenters. The molecule has 1 saturated heterocycles. The molecule has 3 rings (SSSR count). The third-order valence-corrected chi connectivity index (χ3v) is 5.58. The molecule has 0 bridgehead atoms. The average Bonchev–Trinajstić information content (AvgIpc) is 3.18. The SMILES string of the molecule is CCNC(=NCCCn1cccn1)NCCN1CCN(C(=O)C2CCC2)CC1. The Balaban J connectivity index is 1.30. The van der Waals surface area contributed by atoms with E-state index in [1.165, 1.54) is 6.42 Å². The fourth-order valence-corrected chi connectivity index (χ4v) is 3.64. The topological polar surface area (TPSA) is 77.8 Å². The standard InChI is InChI=1S/C20H35N7O/c1-2-21-20(22-8-4-11-27-12-5-9-24-27)23-10-13-25-14-16-26(17-15-25)19(28)18-6-3-7-18/h5,9,12,18H,2-4,6-8,10-11,13-17H2,1H3,(H2,21,22,23). The van der Waals surface area contributed by atoms with Gasteiger partial charge in [0.25, 0.3) is 0 Å². The van der Waals surface area contributed by atoms with Gasteiger partial charge >= 0.3 is 0 Å². The van der Waals surface area contributed by atoms with Gasteiger partial charge in [-0.15, -0.1) is 0 Å². The molecule has 1 amide bonds. The lowest BCUT2D eigenvalue weighted by molar-refractivity contribution is -0.139. The molecule has 2 N–H and O–H groups in total. The molecule has 156 valence electrons. The number of piperazine rings is 1. The molecule has 0 aromatic carbocycles. The van der Waals surface area contributed by atoms with E-state index in [-0.39, 0.29) is 0 Å². The molecule has 1 aromatic heterocycles. The van der Waals surface area contributed by atoms with Gasteiger partial charge in [0.2, 0.25) is 5.91 Å². The maximum absolute atomic E-state index is 12.3. The van der Waals surface area contributed by atoms with Crippen molar-refractivity contribution in [1.82, 2.24) is 30.2 Å². The van der Waals surface area contributed by atoms with Crippen molar-refractivity contribution in [3.05, 3.63) is 18.5 Å². The third kappa shape index (κ3) is 6.22. The van der Waals surface area contributed by atoms with Gasteiger partial charge in [-0.1, -0.05) is 6.42 Å². The normalized spacial score (nSPS) is 18.8. The van der Waals surface area contributed by atoms with E-state index in [4.69, 9.17) is 0 Å². The zero-order chi connectivity index (χ0) is 19.6. The lowest BCUT2D eigenvalue weighted by atomic mass is 9.84. The molecule has 1 saturated carbocycles. The van der Waals surface area contributed by atoms with Gasteiger partial charge in [0.1, 0.15) is 0 Å². The van der Waals surface area contributed by atoms with Gasteiger partial charge in [-0.05, 0) is 32.3 Å². The number of hydrogen-bond donors (Lipinski definition) is 2. The average molecular weight is 390 g/mol. The van der Waals surface area contributed by atoms with E-state index in [0.29, 0.717) is 11.8 Å². The zero-order valence-corrected chi connectivity index (χ0v) is 17.1. The highest BCUT2D eigenvalue weighted by atomic mass is 16.2. The first-order valence-electron chi connectivity index (χ1n) is 10.8. The summed E-state index contributed by atoms with van der Waals surface area (Å²) in [5, 5.41) is 10.9. The predicted octanol–water partition coefficient (Wildman–Crippen LogP) is 0.773. The summed E-state index contributed by atoms with van der Waals surface area (Å²) in [4.78, 5) is 21.5. The van der Waals surface area contributed by atoms with Gasteiger partial charge in [-0.2, -0.15) is 5.10 Å². The number of nitrogens with one attached hydrogen (secondary N) is 2. The Kier molecular flexibility index (Phi) is 8.14. The summed E-state index contributed by atoms with van der Waals surface area (Å²) in [5.74, 6) is 1.59. The van der Waals surface area contributed by atoms with Crippen molar-refractivity contribution in [3.63, 3.8) is 0 Å². The van der Waals surface area contributed by atoms with Crippen LogP contribution >= 0.6 is 0 Å². The number of nitrogens with zero attached hydrogens (tertiary/aromatic N) is 5. The molecular weight excluding hydrogens is 354 g/mol. The van der Waals surface area contributed by atoms with Crippen LogP contribution in [0.15, 0.2) is 23.5 Å². The van der Waals surface area contributed by atoms with Gasteiger partial charge < -0.3 is 15.5 Å². The van der Waals surface area contributed by atoms with Crippen LogP contribution in [-0.4, -0.2) is 83.8 Å². The number of aryl methyl sites for hydroxylation is 1. The molecule has 1 aliphatic carbocycles. The maximum atomic E-state index is 12.3. The summed E-state index contributed by atoms with van der Waals surface area (Å²) < 4.78 is 1.94. The lowest BCUT2D eigenvalue weighted by Gasteiger charge is -2.38. The molecule has 2 heterocycles. The Morgan fingerprint density at radius 2 is 2.00 bits per heavy atom. The van der Waals surface area contributed by atoms with E-state index < -0.39 is 0 Å². The van der Waals surface area contributed by atoms with Gasteiger partial charge in [-0.3, -0.25) is 19.4 Å². The van der Waals surface area contributed by atoms with E-state index in [2.05, 4.69) is 37.4 Å². The van der Waals surface area contributed by atoms with Gasteiger partial charge in [0, 0.05) is 77.2 Å². The van der Waals surface area contributed by atoms with Crippen LogP contribution in [0.1, 0.15) is 32.6 Å². The first kappa shape index (κ1) is 20.6. The number of aromatic nitrogens is 2. The molecule has 1 aromatic rings. The van der Waals surface area contributed by atoms with E-state index in [1.807, 2.05) is 16.9 Å². The number of hydrogen-bond acceptors (Lipinski definition) is 4. The first-order valence-corrected chi connectivity index (χ1v) is 10.8. The Hall–Kier alpha value is -2.09. The minimum absolute atomic E-state index is 0.320. The van der Waals surface area contributed by atoms with Crippen molar-refractivity contribution in [1.29, 1.82) is 0 Å². The van der Waals surface area contributed by atoms with E-state index in [9.17, 15) is 4.79 Å². The molecule has 1 aliphatic heterocycles. The van der Waals surface area contributed by atoms with Crippen LogP contribution in [0.4, 0.5) is 0 Å². The van der Waals surface area contributed by atoms with Crippen molar-refractivity contribution >= 4 is 11.9 Å². The smallest absolute Gasteiger partial charge is 0.225 e. The number of guanidine groups is 1. The van der Waals surface area contributed by atoms with Crippen molar-refractivity contribution in [3.8, 4) is 0 Å². The van der Waals surface area contributed by atoms with Crippen molar-refractivity contribution in [2.45, 2.75) is 39.2 Å². The number of aliphatic imine (C=N–C) groups is 1. The van der Waals surface area contributed by atoms with E-state index in [0.717, 1.165) is 84.1 Å². The van der Waals surface area contributed by atoms with Crippen LogP contribution in [0.2, 0.25) is 0 Å². The number of amides is 1. The quantitative estimate of drug-likeness (QED) is 0.371. The van der Waals surface area contributed by atoms with Gasteiger partial charge in [-0.25, -0.2) is 0 Å². The van der Waals surface area contributed by atoms with Gasteiger partial charge in [0.15, 0.2) is 5.96 Å². The molecule has 0 radical (unpaired) electrons. The summed E-state index contributed by atoms with van der Waals surface area (Å²) in [6, 6.07) is 1.94. The molecular formula is C20H35N7O. The van der Waals surface area contributed by atoms with Crippen LogP contribution in [0.3, 0.4) is 0 Å². The molecule has 0 spiro atoms. The fraction of sp³-hybridized carbons (Fsp3) is 0.750. The Labute approximate surface area is 168 Å². The number of carbonyl (C=O) groups excluding carboxylic acids is 1. The molecule has 2 aliphatic rings.